The predicted octanol–water partition coefficient (Wildman–Crippen LogP) is 3.81. The van der Waals surface area contributed by atoms with Crippen molar-refractivity contribution in [3.05, 3.63) is 63.2 Å². The largest absolute Gasteiger partial charge is 0.345 e. The summed E-state index contributed by atoms with van der Waals surface area (Å²) in [4.78, 5) is 12.7. The molecule has 2 aromatic rings. The van der Waals surface area contributed by atoms with Crippen LogP contribution in [0.5, 0.6) is 0 Å². The highest BCUT2D eigenvalue weighted by atomic mass is 127. The minimum Gasteiger partial charge on any atom is -0.345 e. The van der Waals surface area contributed by atoms with Crippen LogP contribution in [0, 0.1) is 3.57 Å². The molecule has 0 saturated carbocycles. The Bertz CT molecular complexity index is 863. The topological polar surface area (TPSA) is 66.5 Å². The summed E-state index contributed by atoms with van der Waals surface area (Å²) in [5, 5.41) is 2.95. The van der Waals surface area contributed by atoms with Gasteiger partial charge >= 0.3 is 0 Å². The highest BCUT2D eigenvalue weighted by molar-refractivity contribution is 14.1. The first-order chi connectivity index (χ1) is 12.3. The van der Waals surface area contributed by atoms with Crippen LogP contribution >= 0.6 is 22.6 Å². The fourth-order valence-corrected chi connectivity index (χ4v) is 4.73. The fourth-order valence-electron chi connectivity index (χ4n) is 2.64. The Morgan fingerprint density at radius 1 is 1.08 bits per heavy atom. The van der Waals surface area contributed by atoms with Gasteiger partial charge in [0.1, 0.15) is 0 Å². The summed E-state index contributed by atoms with van der Waals surface area (Å²) in [5.41, 5.74) is 1.48. The number of benzene rings is 2. The number of carbonyl (C=O) groups is 1. The number of amides is 1. The number of sulfonamides is 1. The molecule has 0 aliphatic rings. The number of nitrogens with one attached hydrogen (secondary N) is 1. The molecule has 0 bridgehead atoms. The molecule has 1 atom stereocenters. The molecule has 0 fully saturated rings. The third-order valence-electron chi connectivity index (χ3n) is 4.19. The van der Waals surface area contributed by atoms with Crippen molar-refractivity contribution in [1.29, 1.82) is 0 Å². The van der Waals surface area contributed by atoms with Crippen molar-refractivity contribution in [2.45, 2.75) is 31.7 Å². The molecule has 7 heteroatoms. The zero-order valence-corrected chi connectivity index (χ0v) is 18.0. The number of halogens is 1. The van der Waals surface area contributed by atoms with Crippen LogP contribution in [0.3, 0.4) is 0 Å². The Morgan fingerprint density at radius 3 is 2.19 bits per heavy atom. The van der Waals surface area contributed by atoms with Gasteiger partial charge in [0.2, 0.25) is 10.0 Å². The monoisotopic (exact) mass is 486 g/mol. The van der Waals surface area contributed by atoms with E-state index >= 15 is 0 Å². The third-order valence-corrected chi connectivity index (χ3v) is 7.19. The van der Waals surface area contributed by atoms with E-state index in [0.717, 1.165) is 9.13 Å². The van der Waals surface area contributed by atoms with E-state index in [1.54, 1.807) is 30.3 Å². The first kappa shape index (κ1) is 20.9. The molecule has 0 aliphatic carbocycles. The number of nitrogens with zero attached hydrogens (tertiary/aromatic N) is 1. The van der Waals surface area contributed by atoms with Crippen LogP contribution in [-0.4, -0.2) is 31.7 Å². The normalized spacial score (nSPS) is 12.8. The molecule has 1 amide bonds. The first-order valence-electron chi connectivity index (χ1n) is 8.46. The van der Waals surface area contributed by atoms with Gasteiger partial charge in [0.05, 0.1) is 16.5 Å². The van der Waals surface area contributed by atoms with E-state index in [9.17, 15) is 13.2 Å². The second-order valence-corrected chi connectivity index (χ2v) is 8.93. The van der Waals surface area contributed by atoms with E-state index in [-0.39, 0.29) is 16.8 Å². The molecule has 0 aliphatic heterocycles. The second-order valence-electron chi connectivity index (χ2n) is 5.83. The molecule has 2 rings (SSSR count). The lowest BCUT2D eigenvalue weighted by Crippen LogP contribution is -2.30. The van der Waals surface area contributed by atoms with E-state index in [1.807, 2.05) is 39.0 Å². The summed E-state index contributed by atoms with van der Waals surface area (Å²) < 4.78 is 27.4. The second kappa shape index (κ2) is 8.96. The van der Waals surface area contributed by atoms with E-state index < -0.39 is 10.0 Å². The van der Waals surface area contributed by atoms with Crippen molar-refractivity contribution >= 4 is 38.5 Å². The maximum atomic E-state index is 12.5. The Kier molecular flexibility index (Phi) is 7.19. The van der Waals surface area contributed by atoms with Crippen molar-refractivity contribution in [1.82, 2.24) is 9.62 Å². The SMILES string of the molecule is CCN(CC)S(=O)(=O)c1ccc(C(C)NC(=O)c2ccccc2I)cc1. The average molecular weight is 486 g/mol. The summed E-state index contributed by atoms with van der Waals surface area (Å²) >= 11 is 2.13. The molecule has 2 aromatic carbocycles. The van der Waals surface area contributed by atoms with Gasteiger partial charge < -0.3 is 5.32 Å². The lowest BCUT2D eigenvalue weighted by molar-refractivity contribution is 0.0939. The number of hydrogen-bond acceptors (Lipinski definition) is 3. The Balaban J connectivity index is 2.15. The zero-order valence-electron chi connectivity index (χ0n) is 15.1. The summed E-state index contributed by atoms with van der Waals surface area (Å²) in [6, 6.07) is 13.8. The fraction of sp³-hybridized carbons (Fsp3) is 0.316. The molecule has 5 nitrogen and oxygen atoms in total. The lowest BCUT2D eigenvalue weighted by Gasteiger charge is -2.19. The Labute approximate surface area is 169 Å². The van der Waals surface area contributed by atoms with Crippen molar-refractivity contribution in [3.8, 4) is 0 Å². The predicted molar refractivity (Wildman–Crippen MR) is 112 cm³/mol. The summed E-state index contributed by atoms with van der Waals surface area (Å²) in [6.45, 7) is 6.38. The van der Waals surface area contributed by atoms with Gasteiger partial charge in [-0.1, -0.05) is 38.1 Å². The van der Waals surface area contributed by atoms with E-state index in [2.05, 4.69) is 27.9 Å². The molecule has 0 aromatic heterocycles. The van der Waals surface area contributed by atoms with Crippen LogP contribution in [0.2, 0.25) is 0 Å². The van der Waals surface area contributed by atoms with Crippen molar-refractivity contribution in [2.75, 3.05) is 13.1 Å². The molecule has 1 unspecified atom stereocenters. The molecule has 0 heterocycles. The summed E-state index contributed by atoms with van der Waals surface area (Å²) in [5.74, 6) is -0.151. The van der Waals surface area contributed by atoms with Gasteiger partial charge in [-0.15, -0.1) is 0 Å². The van der Waals surface area contributed by atoms with Crippen LogP contribution in [0.4, 0.5) is 0 Å². The maximum absolute atomic E-state index is 12.5. The van der Waals surface area contributed by atoms with Gasteiger partial charge in [-0.05, 0) is 59.3 Å². The minimum atomic E-state index is -3.47. The maximum Gasteiger partial charge on any atom is 0.252 e. The summed E-state index contributed by atoms with van der Waals surface area (Å²) in [6.07, 6.45) is 0. The minimum absolute atomic E-state index is 0.151. The third kappa shape index (κ3) is 4.63. The van der Waals surface area contributed by atoms with Gasteiger partial charge in [0, 0.05) is 16.7 Å². The zero-order chi connectivity index (χ0) is 19.3. The average Bonchev–Trinajstić information content (AvgIpc) is 2.62. The van der Waals surface area contributed by atoms with Gasteiger partial charge in [0.25, 0.3) is 5.91 Å². The molecule has 1 N–H and O–H groups in total. The standard InChI is InChI=1S/C19H23IN2O3S/c1-4-22(5-2)26(24,25)16-12-10-15(11-13-16)14(3)21-19(23)17-8-6-7-9-18(17)20/h6-14H,4-5H2,1-3H3,(H,21,23). The van der Waals surface area contributed by atoms with E-state index in [0.29, 0.717) is 18.7 Å². The molecule has 140 valence electrons. The van der Waals surface area contributed by atoms with Crippen LogP contribution in [0.15, 0.2) is 53.4 Å². The quantitative estimate of drug-likeness (QED) is 0.606. The van der Waals surface area contributed by atoms with E-state index in [4.69, 9.17) is 0 Å². The molecule has 0 spiro atoms. The molecular formula is C19H23IN2O3S. The van der Waals surface area contributed by atoms with Crippen LogP contribution in [-0.2, 0) is 10.0 Å². The first-order valence-corrected chi connectivity index (χ1v) is 11.0. The van der Waals surface area contributed by atoms with Crippen LogP contribution < -0.4 is 5.32 Å². The van der Waals surface area contributed by atoms with Gasteiger partial charge in [-0.25, -0.2) is 8.42 Å². The molecule has 0 radical (unpaired) electrons. The van der Waals surface area contributed by atoms with Crippen LogP contribution in [0.25, 0.3) is 0 Å². The Morgan fingerprint density at radius 2 is 1.65 bits per heavy atom. The van der Waals surface area contributed by atoms with E-state index in [1.165, 1.54) is 4.31 Å². The van der Waals surface area contributed by atoms with Gasteiger partial charge in [-0.3, -0.25) is 4.79 Å². The Hall–Kier alpha value is -1.45. The van der Waals surface area contributed by atoms with Crippen LogP contribution in [0.1, 0.15) is 42.7 Å². The highest BCUT2D eigenvalue weighted by Gasteiger charge is 2.22. The lowest BCUT2D eigenvalue weighted by atomic mass is 10.1. The van der Waals surface area contributed by atoms with Gasteiger partial charge in [0.15, 0.2) is 0 Å². The molecule has 26 heavy (non-hydrogen) atoms. The van der Waals surface area contributed by atoms with Crippen molar-refractivity contribution in [3.63, 3.8) is 0 Å². The number of hydrogen-bond donors (Lipinski definition) is 1. The van der Waals surface area contributed by atoms with Gasteiger partial charge in [-0.2, -0.15) is 4.31 Å². The highest BCUT2D eigenvalue weighted by Crippen LogP contribution is 2.20. The molecular weight excluding hydrogens is 463 g/mol. The summed E-state index contributed by atoms with van der Waals surface area (Å²) in [7, 11) is -3.47. The van der Waals surface area contributed by atoms with Crippen molar-refractivity contribution in [2.24, 2.45) is 0 Å². The smallest absolute Gasteiger partial charge is 0.252 e. The number of rotatable bonds is 7. The van der Waals surface area contributed by atoms with Crippen molar-refractivity contribution < 1.29 is 13.2 Å². The molecule has 0 saturated heterocycles. The number of carbonyl (C=O) groups excluding carboxylic acids is 1.